The molecule has 2 fully saturated rings. The van der Waals surface area contributed by atoms with E-state index < -0.39 is 0 Å². The predicted octanol–water partition coefficient (Wildman–Crippen LogP) is 4.77. The van der Waals surface area contributed by atoms with Gasteiger partial charge in [0, 0.05) is 30.7 Å². The molecular formula is C21H28N4S. The number of unbranched alkanes of at least 4 members (excludes halogenated alkanes) is 1. The minimum atomic E-state index is 0.107. The van der Waals surface area contributed by atoms with Crippen LogP contribution in [0.5, 0.6) is 0 Å². The number of pyridine rings is 1. The zero-order valence-corrected chi connectivity index (χ0v) is 16.3. The maximum absolute atomic E-state index is 5.74. The van der Waals surface area contributed by atoms with E-state index in [0.29, 0.717) is 6.04 Å². The molecule has 1 saturated heterocycles. The van der Waals surface area contributed by atoms with Crippen LogP contribution in [0.2, 0.25) is 0 Å². The monoisotopic (exact) mass is 368 g/mol. The van der Waals surface area contributed by atoms with E-state index in [0.717, 1.165) is 23.8 Å². The van der Waals surface area contributed by atoms with Crippen molar-refractivity contribution in [1.82, 2.24) is 19.8 Å². The Morgan fingerprint density at radius 3 is 2.77 bits per heavy atom. The van der Waals surface area contributed by atoms with Crippen molar-refractivity contribution in [3.8, 4) is 0 Å². The molecule has 3 heterocycles. The van der Waals surface area contributed by atoms with Gasteiger partial charge in [0.05, 0.1) is 17.8 Å². The van der Waals surface area contributed by atoms with Crippen LogP contribution in [-0.2, 0) is 0 Å². The Morgan fingerprint density at radius 1 is 1.19 bits per heavy atom. The van der Waals surface area contributed by atoms with Crippen molar-refractivity contribution in [3.05, 3.63) is 54.1 Å². The molecule has 0 amide bonds. The lowest BCUT2D eigenvalue weighted by molar-refractivity contribution is 0.292. The third-order valence-electron chi connectivity index (χ3n) is 5.78. The summed E-state index contributed by atoms with van der Waals surface area (Å²) >= 11 is 5.74. The maximum atomic E-state index is 5.74. The molecule has 2 atom stereocenters. The molecule has 4 nitrogen and oxygen atoms in total. The first-order chi connectivity index (χ1) is 12.8. The lowest BCUT2D eigenvalue weighted by Gasteiger charge is -2.30. The van der Waals surface area contributed by atoms with Gasteiger partial charge in [0.25, 0.3) is 0 Å². The van der Waals surface area contributed by atoms with Gasteiger partial charge < -0.3 is 14.8 Å². The Kier molecular flexibility index (Phi) is 5.25. The molecule has 4 rings (SSSR count). The second-order valence-corrected chi connectivity index (χ2v) is 7.84. The van der Waals surface area contributed by atoms with E-state index in [1.807, 2.05) is 12.3 Å². The summed E-state index contributed by atoms with van der Waals surface area (Å²) < 4.78 is 2.52. The highest BCUT2D eigenvalue weighted by molar-refractivity contribution is 7.80. The van der Waals surface area contributed by atoms with Crippen LogP contribution in [-0.4, -0.2) is 26.1 Å². The molecule has 5 heteroatoms. The highest BCUT2D eigenvalue weighted by atomic mass is 32.1. The Morgan fingerprint density at radius 2 is 2.04 bits per heavy atom. The van der Waals surface area contributed by atoms with Crippen LogP contribution in [0.25, 0.3) is 0 Å². The Hall–Kier alpha value is -1.88. The summed E-state index contributed by atoms with van der Waals surface area (Å²) in [5.74, 6) is 0. The minimum Gasteiger partial charge on any atom is -0.352 e. The fourth-order valence-electron chi connectivity index (χ4n) is 4.47. The normalized spacial score (nSPS) is 23.6. The quantitative estimate of drug-likeness (QED) is 0.745. The highest BCUT2D eigenvalue weighted by Gasteiger charge is 2.41. The first kappa shape index (κ1) is 17.5. The number of thiocarbonyl (C=S) groups is 1. The number of nitrogens with zero attached hydrogens (tertiary/aromatic N) is 3. The topological polar surface area (TPSA) is 33.1 Å². The number of aromatic nitrogens is 2. The zero-order valence-electron chi connectivity index (χ0n) is 15.5. The molecular weight excluding hydrogens is 340 g/mol. The van der Waals surface area contributed by atoms with E-state index in [2.05, 4.69) is 57.2 Å². The van der Waals surface area contributed by atoms with Crippen LogP contribution in [0.1, 0.15) is 75.0 Å². The Bertz CT molecular complexity index is 735. The molecule has 0 spiro atoms. The standard InChI is InChI=1S/C21H28N4S/c1-2-3-14-25-20(18-12-8-15-24(18)16-9-4-5-10-16)19(23-21(25)26)17-11-6-7-13-22-17/h6-8,11-13,15-16,19-20H,2-5,9-10,14H2,1H3,(H,23,26)/t19-,20+/m1/s1. The van der Waals surface area contributed by atoms with Crippen LogP contribution < -0.4 is 5.32 Å². The summed E-state index contributed by atoms with van der Waals surface area (Å²) in [6.07, 6.45) is 11.7. The van der Waals surface area contributed by atoms with Gasteiger partial charge in [0.15, 0.2) is 5.11 Å². The summed E-state index contributed by atoms with van der Waals surface area (Å²) in [4.78, 5) is 7.03. The number of nitrogens with one attached hydrogen (secondary N) is 1. The van der Waals surface area contributed by atoms with Crippen molar-refractivity contribution in [3.63, 3.8) is 0 Å². The smallest absolute Gasteiger partial charge is 0.170 e. The van der Waals surface area contributed by atoms with E-state index in [-0.39, 0.29) is 12.1 Å². The molecule has 0 radical (unpaired) electrons. The van der Waals surface area contributed by atoms with Crippen LogP contribution in [0.3, 0.4) is 0 Å². The molecule has 1 saturated carbocycles. The largest absolute Gasteiger partial charge is 0.352 e. The van der Waals surface area contributed by atoms with Gasteiger partial charge in [-0.3, -0.25) is 4.98 Å². The van der Waals surface area contributed by atoms with Crippen LogP contribution >= 0.6 is 12.2 Å². The highest BCUT2D eigenvalue weighted by Crippen LogP contribution is 2.41. The van der Waals surface area contributed by atoms with E-state index in [1.165, 1.54) is 37.8 Å². The molecule has 2 aromatic heterocycles. The lowest BCUT2D eigenvalue weighted by Crippen LogP contribution is -2.31. The minimum absolute atomic E-state index is 0.107. The molecule has 138 valence electrons. The van der Waals surface area contributed by atoms with Crippen LogP contribution in [0.4, 0.5) is 0 Å². The van der Waals surface area contributed by atoms with Gasteiger partial charge in [0.2, 0.25) is 0 Å². The zero-order chi connectivity index (χ0) is 17.9. The molecule has 1 aliphatic heterocycles. The first-order valence-electron chi connectivity index (χ1n) is 9.94. The van der Waals surface area contributed by atoms with Crippen LogP contribution in [0, 0.1) is 0 Å². The second-order valence-electron chi connectivity index (χ2n) is 7.45. The lowest BCUT2D eigenvalue weighted by atomic mass is 10.0. The van der Waals surface area contributed by atoms with Gasteiger partial charge in [-0.15, -0.1) is 0 Å². The van der Waals surface area contributed by atoms with E-state index in [9.17, 15) is 0 Å². The number of hydrogen-bond acceptors (Lipinski definition) is 2. The van der Waals surface area contributed by atoms with E-state index in [4.69, 9.17) is 12.2 Å². The summed E-state index contributed by atoms with van der Waals surface area (Å²) in [5.41, 5.74) is 2.44. The van der Waals surface area contributed by atoms with Gasteiger partial charge in [-0.25, -0.2) is 0 Å². The van der Waals surface area contributed by atoms with Crippen molar-refractivity contribution in [2.45, 2.75) is 63.6 Å². The number of rotatable bonds is 6. The molecule has 1 N–H and O–H groups in total. The van der Waals surface area contributed by atoms with Crippen molar-refractivity contribution < 1.29 is 0 Å². The van der Waals surface area contributed by atoms with Crippen molar-refractivity contribution in [2.24, 2.45) is 0 Å². The molecule has 0 unspecified atom stereocenters. The van der Waals surface area contributed by atoms with Crippen molar-refractivity contribution >= 4 is 17.3 Å². The van der Waals surface area contributed by atoms with E-state index >= 15 is 0 Å². The third-order valence-corrected chi connectivity index (χ3v) is 6.14. The first-order valence-corrected chi connectivity index (χ1v) is 10.3. The molecule has 26 heavy (non-hydrogen) atoms. The average Bonchev–Trinajstić information content (AvgIpc) is 3.40. The number of hydrogen-bond donors (Lipinski definition) is 1. The van der Waals surface area contributed by atoms with Gasteiger partial charge >= 0.3 is 0 Å². The molecule has 2 aromatic rings. The molecule has 0 bridgehead atoms. The molecule has 2 aliphatic rings. The predicted molar refractivity (Wildman–Crippen MR) is 109 cm³/mol. The van der Waals surface area contributed by atoms with Crippen molar-refractivity contribution in [2.75, 3.05) is 6.54 Å². The molecule has 0 aromatic carbocycles. The van der Waals surface area contributed by atoms with Gasteiger partial charge in [-0.05, 0) is 55.7 Å². The summed E-state index contributed by atoms with van der Waals surface area (Å²) in [7, 11) is 0. The second kappa shape index (κ2) is 7.78. The average molecular weight is 369 g/mol. The summed E-state index contributed by atoms with van der Waals surface area (Å²) in [6.45, 7) is 3.23. The van der Waals surface area contributed by atoms with Gasteiger partial charge in [-0.2, -0.15) is 0 Å². The van der Waals surface area contributed by atoms with E-state index in [1.54, 1.807) is 0 Å². The van der Waals surface area contributed by atoms with Gasteiger partial charge in [-0.1, -0.05) is 32.3 Å². The third kappa shape index (κ3) is 3.25. The van der Waals surface area contributed by atoms with Crippen molar-refractivity contribution in [1.29, 1.82) is 0 Å². The maximum Gasteiger partial charge on any atom is 0.170 e. The van der Waals surface area contributed by atoms with Crippen LogP contribution in [0.15, 0.2) is 42.7 Å². The fraction of sp³-hybridized carbons (Fsp3) is 0.524. The fourth-order valence-corrected chi connectivity index (χ4v) is 4.80. The Balaban J connectivity index is 1.72. The summed E-state index contributed by atoms with van der Waals surface area (Å²) in [5, 5.41) is 4.43. The summed E-state index contributed by atoms with van der Waals surface area (Å²) in [6, 6.07) is 11.6. The SMILES string of the molecule is CCCCN1C(=S)N[C@H](c2ccccn2)[C@@H]1c1cccn1C1CCCC1. The Labute approximate surface area is 161 Å². The molecule has 1 aliphatic carbocycles. The van der Waals surface area contributed by atoms with Gasteiger partial charge in [0.1, 0.15) is 0 Å².